The Labute approximate surface area is 61.6 Å². The van der Waals surface area contributed by atoms with Gasteiger partial charge < -0.3 is 0 Å². The van der Waals surface area contributed by atoms with Gasteiger partial charge in [0.25, 0.3) is 5.92 Å². The molecule has 0 aromatic carbocycles. The second kappa shape index (κ2) is 3.31. The van der Waals surface area contributed by atoms with Crippen LogP contribution in [0.25, 0.3) is 0 Å². The van der Waals surface area contributed by atoms with Crippen molar-refractivity contribution in [1.29, 1.82) is 0 Å². The molecule has 0 aliphatic carbocycles. The van der Waals surface area contributed by atoms with Crippen LogP contribution in [-0.2, 0) is 0 Å². The van der Waals surface area contributed by atoms with Crippen molar-refractivity contribution in [3.8, 4) is 0 Å². The molecule has 0 spiro atoms. The van der Waals surface area contributed by atoms with E-state index in [0.717, 1.165) is 0 Å². The molecule has 0 fully saturated rings. The minimum absolute atomic E-state index is 0.00463. The van der Waals surface area contributed by atoms with Crippen LogP contribution in [0.4, 0.5) is 8.78 Å². The normalized spacial score (nSPS) is 13.2. The van der Waals surface area contributed by atoms with E-state index in [1.165, 1.54) is 0 Å². The van der Waals surface area contributed by atoms with Gasteiger partial charge in [0, 0.05) is 12.3 Å². The van der Waals surface area contributed by atoms with E-state index in [1.54, 1.807) is 13.8 Å². The smallest absolute Gasteiger partial charge is 0.207 e. The maximum Gasteiger partial charge on any atom is 0.250 e. The summed E-state index contributed by atoms with van der Waals surface area (Å²) in [6.07, 6.45) is 0.00463. The van der Waals surface area contributed by atoms with E-state index in [-0.39, 0.29) is 12.3 Å². The molecule has 10 heavy (non-hydrogen) atoms. The minimum atomic E-state index is -2.48. The zero-order valence-electron chi connectivity index (χ0n) is 7.12. The van der Waals surface area contributed by atoms with Crippen LogP contribution < -0.4 is 0 Å². The molecule has 0 heterocycles. The summed E-state index contributed by atoms with van der Waals surface area (Å²) < 4.78 is 25.6. The zero-order chi connectivity index (χ0) is 8.36. The molecule has 0 nitrogen and oxygen atoms in total. The molecule has 62 valence electrons. The molecule has 0 aromatic heterocycles. The summed E-state index contributed by atoms with van der Waals surface area (Å²) in [4.78, 5) is 0. The Hall–Kier alpha value is -0.140. The Bertz CT molecular complexity index is 95.4. The number of alkyl halides is 2. The summed E-state index contributed by atoms with van der Waals surface area (Å²) >= 11 is 0. The number of hydrogen-bond acceptors (Lipinski definition) is 0. The monoisotopic (exact) mass is 150 g/mol. The topological polar surface area (TPSA) is 0 Å². The van der Waals surface area contributed by atoms with E-state index in [4.69, 9.17) is 0 Å². The first-order chi connectivity index (χ1) is 4.36. The maximum absolute atomic E-state index is 12.8. The van der Waals surface area contributed by atoms with Crippen molar-refractivity contribution in [2.24, 2.45) is 11.8 Å². The molecular weight excluding hydrogens is 134 g/mol. The van der Waals surface area contributed by atoms with Crippen molar-refractivity contribution in [3.63, 3.8) is 0 Å². The van der Waals surface area contributed by atoms with Crippen molar-refractivity contribution >= 4 is 0 Å². The van der Waals surface area contributed by atoms with Gasteiger partial charge in [-0.2, -0.15) is 0 Å². The Morgan fingerprint density at radius 3 is 1.60 bits per heavy atom. The van der Waals surface area contributed by atoms with Crippen molar-refractivity contribution in [3.05, 3.63) is 0 Å². The summed E-state index contributed by atoms with van der Waals surface area (Å²) in [6, 6.07) is 0. The van der Waals surface area contributed by atoms with Crippen LogP contribution in [0.3, 0.4) is 0 Å². The first-order valence-electron chi connectivity index (χ1n) is 3.74. The Morgan fingerprint density at radius 2 is 1.50 bits per heavy atom. The van der Waals surface area contributed by atoms with E-state index in [1.807, 2.05) is 13.8 Å². The molecule has 0 atom stereocenters. The van der Waals surface area contributed by atoms with E-state index in [9.17, 15) is 8.78 Å². The number of rotatable bonds is 3. The van der Waals surface area contributed by atoms with Crippen LogP contribution in [-0.4, -0.2) is 5.92 Å². The lowest BCUT2D eigenvalue weighted by Gasteiger charge is -2.21. The lowest BCUT2D eigenvalue weighted by atomic mass is 9.96. The van der Waals surface area contributed by atoms with Crippen molar-refractivity contribution in [1.82, 2.24) is 0 Å². The van der Waals surface area contributed by atoms with Gasteiger partial charge in [-0.15, -0.1) is 0 Å². The molecule has 0 saturated carbocycles. The standard InChI is InChI=1S/C8H16F2/c1-6(2)5-8(9,10)7(3)4/h6-7H,5H2,1-4H3. The molecule has 0 aromatic rings. The second-order valence-corrected chi connectivity index (χ2v) is 3.51. The number of hydrogen-bond donors (Lipinski definition) is 0. The molecule has 0 unspecified atom stereocenters. The quantitative estimate of drug-likeness (QED) is 0.579. The van der Waals surface area contributed by atoms with Gasteiger partial charge in [-0.1, -0.05) is 27.7 Å². The minimum Gasteiger partial charge on any atom is -0.207 e. The molecule has 0 aliphatic rings. The average Bonchev–Trinajstić information content (AvgIpc) is 1.60. The van der Waals surface area contributed by atoms with Crippen LogP contribution in [0.1, 0.15) is 34.1 Å². The predicted molar refractivity (Wildman–Crippen MR) is 39.2 cm³/mol. The Kier molecular flexibility index (Phi) is 3.26. The van der Waals surface area contributed by atoms with E-state index in [2.05, 4.69) is 0 Å². The third kappa shape index (κ3) is 3.14. The molecular formula is C8H16F2. The van der Waals surface area contributed by atoms with E-state index in [0.29, 0.717) is 0 Å². The molecule has 0 radical (unpaired) electrons. The van der Waals surface area contributed by atoms with Crippen molar-refractivity contribution in [2.75, 3.05) is 0 Å². The van der Waals surface area contributed by atoms with E-state index >= 15 is 0 Å². The van der Waals surface area contributed by atoms with Crippen molar-refractivity contribution in [2.45, 2.75) is 40.0 Å². The van der Waals surface area contributed by atoms with Gasteiger partial charge in [-0.3, -0.25) is 0 Å². The van der Waals surface area contributed by atoms with Gasteiger partial charge in [0.05, 0.1) is 0 Å². The highest BCUT2D eigenvalue weighted by atomic mass is 19.3. The van der Waals surface area contributed by atoms with Gasteiger partial charge in [0.1, 0.15) is 0 Å². The van der Waals surface area contributed by atoms with Gasteiger partial charge in [-0.25, -0.2) is 8.78 Å². The second-order valence-electron chi connectivity index (χ2n) is 3.51. The van der Waals surface area contributed by atoms with Gasteiger partial charge in [0.15, 0.2) is 0 Å². The summed E-state index contributed by atoms with van der Waals surface area (Å²) in [6.45, 7) is 6.75. The highest BCUT2D eigenvalue weighted by Crippen LogP contribution is 2.30. The third-order valence-electron chi connectivity index (χ3n) is 1.53. The van der Waals surface area contributed by atoms with E-state index < -0.39 is 11.8 Å². The lowest BCUT2D eigenvalue weighted by molar-refractivity contribution is -0.0617. The predicted octanol–water partition coefficient (Wildman–Crippen LogP) is 3.32. The van der Waals surface area contributed by atoms with Crippen LogP contribution in [0, 0.1) is 11.8 Å². The first-order valence-corrected chi connectivity index (χ1v) is 3.74. The Balaban J connectivity index is 3.87. The highest BCUT2D eigenvalue weighted by Gasteiger charge is 2.33. The molecule has 0 aliphatic heterocycles. The summed E-state index contributed by atoms with van der Waals surface area (Å²) in [7, 11) is 0. The van der Waals surface area contributed by atoms with Gasteiger partial charge >= 0.3 is 0 Å². The summed E-state index contributed by atoms with van der Waals surface area (Å²) in [5, 5.41) is 0. The maximum atomic E-state index is 12.8. The lowest BCUT2D eigenvalue weighted by Crippen LogP contribution is -2.25. The van der Waals surface area contributed by atoms with Gasteiger partial charge in [0.2, 0.25) is 0 Å². The summed E-state index contributed by atoms with van der Waals surface area (Å²) in [5.41, 5.74) is 0. The molecule has 0 rings (SSSR count). The van der Waals surface area contributed by atoms with Crippen LogP contribution >= 0.6 is 0 Å². The molecule has 0 N–H and O–H groups in total. The molecule has 0 saturated heterocycles. The fraction of sp³-hybridized carbons (Fsp3) is 1.00. The highest BCUT2D eigenvalue weighted by molar-refractivity contribution is 4.71. The van der Waals surface area contributed by atoms with Gasteiger partial charge in [-0.05, 0) is 5.92 Å². The third-order valence-corrected chi connectivity index (χ3v) is 1.53. The van der Waals surface area contributed by atoms with Crippen molar-refractivity contribution < 1.29 is 8.78 Å². The Morgan fingerprint density at radius 1 is 1.10 bits per heavy atom. The zero-order valence-corrected chi connectivity index (χ0v) is 7.12. The van der Waals surface area contributed by atoms with Crippen LogP contribution in [0.2, 0.25) is 0 Å². The fourth-order valence-corrected chi connectivity index (χ4v) is 0.780. The molecule has 2 heteroatoms. The fourth-order valence-electron chi connectivity index (χ4n) is 0.780. The average molecular weight is 150 g/mol. The van der Waals surface area contributed by atoms with Crippen LogP contribution in [0.5, 0.6) is 0 Å². The number of halogens is 2. The summed E-state index contributed by atoms with van der Waals surface area (Å²) in [5.74, 6) is -2.93. The first kappa shape index (κ1) is 9.86. The molecule has 0 amide bonds. The molecule has 0 bridgehead atoms. The van der Waals surface area contributed by atoms with Crippen LogP contribution in [0.15, 0.2) is 0 Å². The largest absolute Gasteiger partial charge is 0.250 e. The SMILES string of the molecule is CC(C)CC(F)(F)C(C)C.